The molecule has 1 N–H and O–H groups in total. The number of thiophene rings is 1. The lowest BCUT2D eigenvalue weighted by molar-refractivity contribution is 0.581. The predicted octanol–water partition coefficient (Wildman–Crippen LogP) is 3.97. The highest BCUT2D eigenvalue weighted by Gasteiger charge is 2.09. The number of nitrogens with zero attached hydrogens (tertiary/aromatic N) is 1. The molecule has 2 nitrogen and oxygen atoms in total. The molecule has 0 saturated carbocycles. The van der Waals surface area contributed by atoms with Crippen molar-refractivity contribution in [3.05, 3.63) is 51.7 Å². The van der Waals surface area contributed by atoms with E-state index in [2.05, 4.69) is 73.9 Å². The van der Waals surface area contributed by atoms with Gasteiger partial charge >= 0.3 is 0 Å². The van der Waals surface area contributed by atoms with Crippen molar-refractivity contribution in [2.24, 2.45) is 0 Å². The van der Waals surface area contributed by atoms with E-state index in [1.165, 1.54) is 21.7 Å². The zero-order valence-electron chi connectivity index (χ0n) is 12.1. The first-order chi connectivity index (χ1) is 9.08. The first-order valence-electron chi connectivity index (χ1n) is 6.61. The molecule has 0 saturated heterocycles. The van der Waals surface area contributed by atoms with E-state index in [4.69, 9.17) is 0 Å². The van der Waals surface area contributed by atoms with Gasteiger partial charge in [-0.3, -0.25) is 0 Å². The Kier molecular flexibility index (Phi) is 4.61. The normalized spacial score (nSPS) is 12.4. The lowest BCUT2D eigenvalue weighted by Gasteiger charge is -2.15. The molecular formula is C16H22N2S. The lowest BCUT2D eigenvalue weighted by atomic mass is 10.1. The molecule has 1 unspecified atom stereocenters. The summed E-state index contributed by atoms with van der Waals surface area (Å²) < 4.78 is 0. The largest absolute Gasteiger partial charge is 0.378 e. The third-order valence-corrected chi connectivity index (χ3v) is 4.56. The van der Waals surface area contributed by atoms with Gasteiger partial charge in [-0.2, -0.15) is 0 Å². The minimum Gasteiger partial charge on any atom is -0.378 e. The fraction of sp³-hybridized carbons (Fsp3) is 0.375. The maximum atomic E-state index is 3.59. The lowest BCUT2D eigenvalue weighted by Crippen LogP contribution is -2.18. The van der Waals surface area contributed by atoms with E-state index in [-0.39, 0.29) is 0 Å². The van der Waals surface area contributed by atoms with Gasteiger partial charge in [0, 0.05) is 37.2 Å². The maximum Gasteiger partial charge on any atom is 0.0391 e. The predicted molar refractivity (Wildman–Crippen MR) is 85.1 cm³/mol. The Morgan fingerprint density at radius 2 is 1.84 bits per heavy atom. The van der Waals surface area contributed by atoms with Gasteiger partial charge in [0.15, 0.2) is 0 Å². The summed E-state index contributed by atoms with van der Waals surface area (Å²) in [4.78, 5) is 3.55. The van der Waals surface area contributed by atoms with Gasteiger partial charge in [0.25, 0.3) is 0 Å². The van der Waals surface area contributed by atoms with Crippen LogP contribution in [-0.4, -0.2) is 14.1 Å². The summed E-state index contributed by atoms with van der Waals surface area (Å²) in [5, 5.41) is 5.75. The van der Waals surface area contributed by atoms with E-state index in [0.717, 1.165) is 6.54 Å². The second-order valence-electron chi connectivity index (χ2n) is 5.13. The van der Waals surface area contributed by atoms with Crippen LogP contribution in [0.25, 0.3) is 0 Å². The molecule has 0 radical (unpaired) electrons. The summed E-state index contributed by atoms with van der Waals surface area (Å²) in [6.45, 7) is 5.31. The van der Waals surface area contributed by atoms with Crippen molar-refractivity contribution in [3.63, 3.8) is 0 Å². The Balaban J connectivity index is 1.93. The Labute approximate surface area is 120 Å². The maximum absolute atomic E-state index is 3.59. The molecule has 0 aliphatic carbocycles. The molecule has 1 heterocycles. The number of nitrogens with one attached hydrogen (secondary N) is 1. The first kappa shape index (κ1) is 14.1. The van der Waals surface area contributed by atoms with E-state index in [0.29, 0.717) is 6.04 Å². The minimum absolute atomic E-state index is 0.411. The second-order valence-corrected chi connectivity index (χ2v) is 6.08. The van der Waals surface area contributed by atoms with Gasteiger partial charge in [-0.05, 0) is 48.6 Å². The highest BCUT2D eigenvalue weighted by Crippen LogP contribution is 2.23. The monoisotopic (exact) mass is 274 g/mol. The molecule has 0 amide bonds. The van der Waals surface area contributed by atoms with Crippen LogP contribution in [0.3, 0.4) is 0 Å². The van der Waals surface area contributed by atoms with Crippen molar-refractivity contribution in [2.75, 3.05) is 19.0 Å². The molecule has 19 heavy (non-hydrogen) atoms. The zero-order valence-corrected chi connectivity index (χ0v) is 12.9. The van der Waals surface area contributed by atoms with Crippen LogP contribution in [0.2, 0.25) is 0 Å². The highest BCUT2D eigenvalue weighted by molar-refractivity contribution is 7.10. The number of hydrogen-bond donors (Lipinski definition) is 1. The van der Waals surface area contributed by atoms with Crippen LogP contribution < -0.4 is 10.2 Å². The number of hydrogen-bond acceptors (Lipinski definition) is 3. The Morgan fingerprint density at radius 3 is 2.37 bits per heavy atom. The van der Waals surface area contributed by atoms with E-state index >= 15 is 0 Å². The quantitative estimate of drug-likeness (QED) is 0.887. The molecule has 3 heteroatoms. The summed E-state index contributed by atoms with van der Waals surface area (Å²) in [6.07, 6.45) is 0. The van der Waals surface area contributed by atoms with Crippen LogP contribution >= 0.6 is 11.3 Å². The zero-order chi connectivity index (χ0) is 13.8. The Hall–Kier alpha value is -1.32. The molecule has 2 rings (SSSR count). The third-order valence-electron chi connectivity index (χ3n) is 3.36. The average Bonchev–Trinajstić information content (AvgIpc) is 2.83. The van der Waals surface area contributed by atoms with Crippen LogP contribution in [0.5, 0.6) is 0 Å². The second kappa shape index (κ2) is 6.22. The summed E-state index contributed by atoms with van der Waals surface area (Å²) in [5.41, 5.74) is 3.95. The van der Waals surface area contributed by atoms with Crippen molar-refractivity contribution in [1.29, 1.82) is 0 Å². The van der Waals surface area contributed by atoms with Gasteiger partial charge < -0.3 is 10.2 Å². The number of benzene rings is 1. The Morgan fingerprint density at radius 1 is 1.16 bits per heavy atom. The van der Waals surface area contributed by atoms with E-state index in [1.807, 2.05) is 11.3 Å². The smallest absolute Gasteiger partial charge is 0.0391 e. The molecule has 102 valence electrons. The number of aryl methyl sites for hydroxylation is 1. The van der Waals surface area contributed by atoms with Crippen LogP contribution in [0.1, 0.15) is 29.0 Å². The molecule has 1 aromatic heterocycles. The number of rotatable bonds is 5. The van der Waals surface area contributed by atoms with Gasteiger partial charge in [-0.25, -0.2) is 0 Å². The third kappa shape index (κ3) is 3.58. The van der Waals surface area contributed by atoms with Crippen LogP contribution in [0.15, 0.2) is 35.7 Å². The van der Waals surface area contributed by atoms with E-state index in [9.17, 15) is 0 Å². The molecule has 1 atom stereocenters. The topological polar surface area (TPSA) is 15.3 Å². The SMILES string of the molecule is Cc1ccsc1C(C)NCc1ccc(N(C)C)cc1. The first-order valence-corrected chi connectivity index (χ1v) is 7.49. The molecule has 2 aromatic rings. The minimum atomic E-state index is 0.411. The van der Waals surface area contributed by atoms with Gasteiger partial charge in [0.2, 0.25) is 0 Å². The molecule has 0 aliphatic rings. The van der Waals surface area contributed by atoms with Crippen molar-refractivity contribution in [2.45, 2.75) is 26.4 Å². The van der Waals surface area contributed by atoms with Crippen LogP contribution in [0, 0.1) is 6.92 Å². The van der Waals surface area contributed by atoms with Crippen molar-refractivity contribution in [1.82, 2.24) is 5.32 Å². The van der Waals surface area contributed by atoms with E-state index < -0.39 is 0 Å². The fourth-order valence-corrected chi connectivity index (χ4v) is 3.06. The molecule has 1 aromatic carbocycles. The van der Waals surface area contributed by atoms with Crippen LogP contribution in [-0.2, 0) is 6.54 Å². The molecule has 0 bridgehead atoms. The molecule has 0 aliphatic heterocycles. The van der Waals surface area contributed by atoms with Gasteiger partial charge in [0.1, 0.15) is 0 Å². The van der Waals surface area contributed by atoms with Gasteiger partial charge in [-0.15, -0.1) is 11.3 Å². The van der Waals surface area contributed by atoms with Crippen LogP contribution in [0.4, 0.5) is 5.69 Å². The van der Waals surface area contributed by atoms with Crippen molar-refractivity contribution < 1.29 is 0 Å². The Bertz CT molecular complexity index is 514. The van der Waals surface area contributed by atoms with Crippen molar-refractivity contribution in [3.8, 4) is 0 Å². The van der Waals surface area contributed by atoms with Crippen molar-refractivity contribution >= 4 is 17.0 Å². The summed E-state index contributed by atoms with van der Waals surface area (Å²) in [7, 11) is 4.13. The summed E-state index contributed by atoms with van der Waals surface area (Å²) in [5.74, 6) is 0. The fourth-order valence-electron chi connectivity index (χ4n) is 2.10. The average molecular weight is 274 g/mol. The van der Waals surface area contributed by atoms with Gasteiger partial charge in [0.05, 0.1) is 0 Å². The molecular weight excluding hydrogens is 252 g/mol. The summed E-state index contributed by atoms with van der Waals surface area (Å²) >= 11 is 1.83. The van der Waals surface area contributed by atoms with Gasteiger partial charge in [-0.1, -0.05) is 12.1 Å². The highest BCUT2D eigenvalue weighted by atomic mass is 32.1. The van der Waals surface area contributed by atoms with E-state index in [1.54, 1.807) is 0 Å². The molecule has 0 fully saturated rings. The summed E-state index contributed by atoms with van der Waals surface area (Å²) in [6, 6.07) is 11.3. The standard InChI is InChI=1S/C16H22N2S/c1-12-9-10-19-16(12)13(2)17-11-14-5-7-15(8-6-14)18(3)4/h5-10,13,17H,11H2,1-4H3. The number of anilines is 1. The molecule has 0 spiro atoms.